The average molecular weight is 339 g/mol. The Kier molecular flexibility index (Phi) is 5.27. The van der Waals surface area contributed by atoms with Crippen molar-refractivity contribution in [3.8, 4) is 0 Å². The molecule has 0 saturated heterocycles. The zero-order valence-electron chi connectivity index (χ0n) is 9.32. The molecule has 0 aliphatic rings. The van der Waals surface area contributed by atoms with Crippen molar-refractivity contribution in [2.75, 3.05) is 13.6 Å². The molecule has 0 aliphatic heterocycles. The maximum atomic E-state index is 12.9. The van der Waals surface area contributed by atoms with Crippen molar-refractivity contribution >= 4 is 17.9 Å². The predicted octanol–water partition coefficient (Wildman–Crippen LogP) is 3.08. The van der Waals surface area contributed by atoms with Crippen LogP contribution < -0.4 is 0 Å². The van der Waals surface area contributed by atoms with E-state index in [1.807, 2.05) is 0 Å². The molecule has 0 aliphatic carbocycles. The second-order valence-corrected chi connectivity index (χ2v) is 4.75. The van der Waals surface area contributed by atoms with Crippen LogP contribution >= 0.6 is 11.9 Å². The molecule has 120 valence electrons. The van der Waals surface area contributed by atoms with Gasteiger partial charge in [0.1, 0.15) is 6.54 Å². The first-order chi connectivity index (χ1) is 8.56. The summed E-state index contributed by atoms with van der Waals surface area (Å²) < 4.78 is 111. The summed E-state index contributed by atoms with van der Waals surface area (Å²) in [7, 11) is 0.508. The smallest absolute Gasteiger partial charge is 0.460 e. The third-order valence-electron chi connectivity index (χ3n) is 1.74. The lowest BCUT2D eigenvalue weighted by Crippen LogP contribution is -2.60. The molecule has 0 radical (unpaired) electrons. The number of hydrogen-bond donors (Lipinski definition) is 1. The molecule has 0 aromatic rings. The minimum atomic E-state index is -6.99. The predicted molar refractivity (Wildman–Crippen MR) is 48.8 cm³/mol. The largest absolute Gasteiger partial charge is 0.480 e. The summed E-state index contributed by atoms with van der Waals surface area (Å²) in [5, 5.41) is 2.28. The van der Waals surface area contributed by atoms with Crippen LogP contribution in [0.15, 0.2) is 0 Å². The number of rotatable bonds is 6. The van der Waals surface area contributed by atoms with Gasteiger partial charge in [0.05, 0.1) is 0 Å². The maximum absolute atomic E-state index is 12.9. The summed E-state index contributed by atoms with van der Waals surface area (Å²) in [5.74, 6) is -15.5. The highest BCUT2D eigenvalue weighted by atomic mass is 32.2. The molecule has 0 spiro atoms. The first kappa shape index (κ1) is 19.1. The Morgan fingerprint density at radius 3 is 1.70 bits per heavy atom. The Bertz CT molecular complexity index is 370. The monoisotopic (exact) mass is 339 g/mol. The van der Waals surface area contributed by atoms with Crippen molar-refractivity contribution < 1.29 is 49.4 Å². The van der Waals surface area contributed by atoms with Crippen molar-refractivity contribution in [2.24, 2.45) is 0 Å². The molecular weight excluding hydrogens is 333 g/mol. The lowest BCUT2D eigenvalue weighted by Gasteiger charge is -2.34. The second kappa shape index (κ2) is 5.50. The van der Waals surface area contributed by atoms with Crippen molar-refractivity contribution in [3.05, 3.63) is 0 Å². The fourth-order valence-corrected chi connectivity index (χ4v) is 1.65. The number of halogens is 9. The molecule has 13 heteroatoms. The third-order valence-corrected chi connectivity index (χ3v) is 2.67. The minimum Gasteiger partial charge on any atom is -0.480 e. The Morgan fingerprint density at radius 1 is 1.00 bits per heavy atom. The standard InChI is InChI=1S/C7H6F9NO2S/c1-17(2-3(18)19)20-7(15,16)5(10,11)4(8,9)6(12,13)14/h2H2,1H3,(H,18,19). The second-order valence-electron chi connectivity index (χ2n) is 3.43. The van der Waals surface area contributed by atoms with Crippen LogP contribution in [0.2, 0.25) is 0 Å². The molecule has 0 fully saturated rings. The Morgan fingerprint density at radius 2 is 1.40 bits per heavy atom. The SMILES string of the molecule is CN(CC(=O)O)SC(F)(F)C(F)(F)C(F)(F)C(F)(F)F. The molecule has 3 nitrogen and oxygen atoms in total. The van der Waals surface area contributed by atoms with Gasteiger partial charge in [-0.05, 0) is 7.05 Å². The number of carboxylic acid groups (broad SMARTS) is 1. The van der Waals surface area contributed by atoms with E-state index in [-0.39, 0.29) is 4.31 Å². The van der Waals surface area contributed by atoms with Crippen LogP contribution in [0.5, 0.6) is 0 Å². The fourth-order valence-electron chi connectivity index (χ4n) is 0.837. The van der Waals surface area contributed by atoms with Gasteiger partial charge in [0, 0.05) is 11.9 Å². The topological polar surface area (TPSA) is 40.5 Å². The number of carbonyl (C=O) groups is 1. The molecule has 0 bridgehead atoms. The highest BCUT2D eigenvalue weighted by Crippen LogP contribution is 2.56. The number of alkyl halides is 9. The van der Waals surface area contributed by atoms with E-state index in [0.29, 0.717) is 7.05 Å². The van der Waals surface area contributed by atoms with Crippen molar-refractivity contribution in [1.29, 1.82) is 0 Å². The van der Waals surface area contributed by atoms with Gasteiger partial charge in [-0.15, -0.1) is 0 Å². The molecule has 20 heavy (non-hydrogen) atoms. The van der Waals surface area contributed by atoms with Gasteiger partial charge in [0.2, 0.25) is 0 Å². The van der Waals surface area contributed by atoms with Gasteiger partial charge in [-0.3, -0.25) is 4.79 Å². The van der Waals surface area contributed by atoms with Gasteiger partial charge < -0.3 is 5.11 Å². The van der Waals surface area contributed by atoms with Crippen LogP contribution in [0, 0.1) is 0 Å². The van der Waals surface area contributed by atoms with Crippen LogP contribution in [0.4, 0.5) is 39.5 Å². The lowest BCUT2D eigenvalue weighted by molar-refractivity contribution is -0.381. The first-order valence-electron chi connectivity index (χ1n) is 4.38. The van der Waals surface area contributed by atoms with Gasteiger partial charge in [0.25, 0.3) is 0 Å². The van der Waals surface area contributed by atoms with Crippen LogP contribution in [-0.2, 0) is 4.79 Å². The Labute approximate surface area is 109 Å². The molecule has 0 atom stereocenters. The minimum absolute atomic E-state index is 0.108. The van der Waals surface area contributed by atoms with Gasteiger partial charge >= 0.3 is 29.2 Å². The summed E-state index contributed by atoms with van der Waals surface area (Å²) in [5.41, 5.74) is 0. The summed E-state index contributed by atoms with van der Waals surface area (Å²) >= 11 is -1.43. The van der Waals surface area contributed by atoms with E-state index < -0.39 is 47.7 Å². The summed E-state index contributed by atoms with van der Waals surface area (Å²) in [6.07, 6.45) is -6.90. The van der Waals surface area contributed by atoms with Gasteiger partial charge in [-0.25, -0.2) is 4.31 Å². The molecular formula is C7H6F9NO2S. The average Bonchev–Trinajstić information content (AvgIpc) is 2.12. The molecule has 0 aromatic heterocycles. The van der Waals surface area contributed by atoms with Crippen molar-refractivity contribution in [3.63, 3.8) is 0 Å². The fraction of sp³-hybridized carbons (Fsp3) is 0.857. The van der Waals surface area contributed by atoms with E-state index >= 15 is 0 Å². The Balaban J connectivity index is 5.31. The van der Waals surface area contributed by atoms with Crippen LogP contribution in [0.1, 0.15) is 0 Å². The van der Waals surface area contributed by atoms with Gasteiger partial charge in [0.15, 0.2) is 0 Å². The van der Waals surface area contributed by atoms with E-state index in [0.717, 1.165) is 0 Å². The van der Waals surface area contributed by atoms with Crippen LogP contribution in [0.25, 0.3) is 0 Å². The molecule has 1 N–H and O–H groups in total. The Hall–Kier alpha value is -0.850. The molecule has 0 amide bonds. The molecule has 0 unspecified atom stereocenters. The van der Waals surface area contributed by atoms with Crippen LogP contribution in [0.3, 0.4) is 0 Å². The quantitative estimate of drug-likeness (QED) is 0.596. The summed E-state index contributed by atoms with van der Waals surface area (Å²) in [6, 6.07) is 0. The lowest BCUT2D eigenvalue weighted by atomic mass is 10.1. The number of aliphatic carboxylic acids is 1. The van der Waals surface area contributed by atoms with Gasteiger partial charge in [-0.1, -0.05) is 0 Å². The molecule has 0 saturated carbocycles. The van der Waals surface area contributed by atoms with Crippen LogP contribution in [-0.4, -0.2) is 52.2 Å². The van der Waals surface area contributed by atoms with E-state index in [1.54, 1.807) is 0 Å². The van der Waals surface area contributed by atoms with E-state index in [1.165, 1.54) is 0 Å². The van der Waals surface area contributed by atoms with Gasteiger partial charge in [-0.2, -0.15) is 39.5 Å². The number of carboxylic acids is 1. The molecule has 0 heterocycles. The molecule has 0 rings (SSSR count). The summed E-state index contributed by atoms with van der Waals surface area (Å²) in [6.45, 7) is -1.28. The van der Waals surface area contributed by atoms with Crippen molar-refractivity contribution in [2.45, 2.75) is 23.3 Å². The number of nitrogens with zero attached hydrogens (tertiary/aromatic N) is 1. The molecule has 0 aromatic carbocycles. The van der Waals surface area contributed by atoms with Crippen molar-refractivity contribution in [1.82, 2.24) is 4.31 Å². The maximum Gasteiger partial charge on any atom is 0.460 e. The third kappa shape index (κ3) is 3.62. The summed E-state index contributed by atoms with van der Waals surface area (Å²) in [4.78, 5) is 10.1. The number of hydrogen-bond acceptors (Lipinski definition) is 3. The highest BCUT2D eigenvalue weighted by molar-refractivity contribution is 7.98. The van der Waals surface area contributed by atoms with E-state index in [2.05, 4.69) is 0 Å². The zero-order valence-corrected chi connectivity index (χ0v) is 10.1. The highest BCUT2D eigenvalue weighted by Gasteiger charge is 2.82. The normalized spacial score (nSPS) is 14.8. The zero-order chi connectivity index (χ0) is 16.6. The first-order valence-corrected chi connectivity index (χ1v) is 5.16. The number of likely N-dealkylation sites (N-methyl/N-ethyl adjacent to an activating group) is 1. The van der Waals surface area contributed by atoms with E-state index in [4.69, 9.17) is 5.11 Å². The van der Waals surface area contributed by atoms with E-state index in [9.17, 15) is 44.3 Å².